The Morgan fingerprint density at radius 3 is 1.54 bits per heavy atom. The second-order valence-corrected chi connectivity index (χ2v) is 16.0. The third-order valence-electron chi connectivity index (χ3n) is 7.98. The highest BCUT2D eigenvalue weighted by atomic mass is 79.9. The number of carbonyl (C=O) groups excluding carboxylic acids is 2. The second-order valence-electron chi connectivity index (χ2n) is 12.2. The molecule has 12 nitrogen and oxygen atoms in total. The Labute approximate surface area is 383 Å². The molecule has 0 bridgehead atoms. The quantitative estimate of drug-likeness (QED) is 0.0777. The van der Waals surface area contributed by atoms with Crippen LogP contribution in [0.25, 0.3) is 10.8 Å². The van der Waals surface area contributed by atoms with E-state index in [2.05, 4.69) is 74.0 Å². The number of methoxy groups -OCH3 is 4. The van der Waals surface area contributed by atoms with Gasteiger partial charge in [0.2, 0.25) is 0 Å². The molecule has 0 aliphatic heterocycles. The average molecular weight is 1090 g/mol. The molecule has 0 spiro atoms. The molecule has 0 aliphatic rings. The minimum absolute atomic E-state index is 0.0433. The van der Waals surface area contributed by atoms with Gasteiger partial charge in [-0.3, -0.25) is 14.4 Å². The number of aromatic nitrogens is 1. The number of aromatic amines is 1. The number of hydrogen-bond acceptors (Lipinski definition) is 9. The van der Waals surface area contributed by atoms with Gasteiger partial charge in [-0.15, -0.1) is 0 Å². The van der Waals surface area contributed by atoms with Gasteiger partial charge in [-0.25, -0.2) is 4.79 Å². The number of pyridine rings is 1. The molecular weight excluding hydrogens is 1050 g/mol. The Balaban J connectivity index is 0.000000378. The first-order valence-electron chi connectivity index (χ1n) is 17.4. The van der Waals surface area contributed by atoms with Crippen LogP contribution < -0.4 is 16.6 Å². The lowest BCUT2D eigenvalue weighted by molar-refractivity contribution is -0.0974. The summed E-state index contributed by atoms with van der Waals surface area (Å²) in [6.07, 6.45) is 1.01. The van der Waals surface area contributed by atoms with Gasteiger partial charge in [0.25, 0.3) is 16.7 Å². The van der Waals surface area contributed by atoms with Crippen molar-refractivity contribution in [3.63, 3.8) is 0 Å². The van der Waals surface area contributed by atoms with Gasteiger partial charge < -0.3 is 40.1 Å². The summed E-state index contributed by atoms with van der Waals surface area (Å²) in [6, 6.07) is 21.4. The summed E-state index contributed by atoms with van der Waals surface area (Å²) in [5.41, 5.74) is 10.9. The number of aryl methyl sites for hydroxylation is 4. The summed E-state index contributed by atoms with van der Waals surface area (Å²) in [6.45, 7) is 8.56. The van der Waals surface area contributed by atoms with E-state index in [0.29, 0.717) is 29.8 Å². The number of H-pyrrole nitrogens is 1. The summed E-state index contributed by atoms with van der Waals surface area (Å²) in [5.74, 6) is -1.05. The lowest BCUT2D eigenvalue weighted by Gasteiger charge is -2.14. The molecule has 59 heavy (non-hydrogen) atoms. The Kier molecular flexibility index (Phi) is 25.7. The van der Waals surface area contributed by atoms with Crippen LogP contribution in [0, 0.1) is 27.7 Å². The van der Waals surface area contributed by atoms with E-state index in [1.165, 1.54) is 14.2 Å². The molecule has 0 saturated carbocycles. The molecule has 1 aromatic heterocycles. The first-order chi connectivity index (χ1) is 27.8. The number of carboxylic acids is 1. The van der Waals surface area contributed by atoms with Gasteiger partial charge in [-0.1, -0.05) is 88.0 Å². The molecule has 1 heterocycles. The molecule has 0 saturated heterocycles. The molecular formula is C42H48Br4ClN3O9. The monoisotopic (exact) mass is 1090 g/mol. The van der Waals surface area contributed by atoms with Crippen molar-refractivity contribution in [2.75, 3.05) is 41.5 Å². The van der Waals surface area contributed by atoms with Crippen LogP contribution in [0.1, 0.15) is 53.3 Å². The first kappa shape index (κ1) is 53.7. The third-order valence-corrected chi connectivity index (χ3v) is 11.6. The number of hydrogen-bond donors (Lipinski definition) is 4. The Hall–Kier alpha value is -3.29. The maximum atomic E-state index is 11.8. The van der Waals surface area contributed by atoms with Gasteiger partial charge in [0, 0.05) is 75.6 Å². The molecule has 5 aromatic rings. The van der Waals surface area contributed by atoms with E-state index < -0.39 is 17.5 Å². The van der Waals surface area contributed by atoms with Gasteiger partial charge in [0.1, 0.15) is 0 Å². The van der Waals surface area contributed by atoms with E-state index in [9.17, 15) is 19.2 Å². The minimum atomic E-state index is -0.897. The maximum Gasteiger partial charge on any atom is 0.335 e. The molecule has 5 rings (SSSR count). The van der Waals surface area contributed by atoms with Gasteiger partial charge in [-0.05, 0) is 115 Å². The Morgan fingerprint density at radius 1 is 0.678 bits per heavy atom. The highest BCUT2D eigenvalue weighted by Gasteiger charge is 2.11. The van der Waals surface area contributed by atoms with Gasteiger partial charge in [0.15, 0.2) is 12.6 Å². The Morgan fingerprint density at radius 2 is 1.12 bits per heavy atom. The number of rotatable bonds is 10. The highest BCUT2D eigenvalue weighted by molar-refractivity contribution is 9.11. The summed E-state index contributed by atoms with van der Waals surface area (Å²) in [5, 5.41) is 12.6. The third kappa shape index (κ3) is 19.3. The molecule has 1 amide bonds. The summed E-state index contributed by atoms with van der Waals surface area (Å²) in [4.78, 5) is 46.9. The molecule has 0 fully saturated rings. The van der Waals surface area contributed by atoms with E-state index in [-0.39, 0.29) is 17.8 Å². The van der Waals surface area contributed by atoms with Crippen molar-refractivity contribution in [2.24, 2.45) is 5.73 Å². The van der Waals surface area contributed by atoms with Crippen molar-refractivity contribution in [1.29, 1.82) is 0 Å². The fraction of sp³-hybridized carbons (Fsp3) is 0.286. The number of ether oxygens (including phenoxy) is 4. The number of benzene rings is 4. The van der Waals surface area contributed by atoms with Crippen molar-refractivity contribution < 1.29 is 38.4 Å². The lowest BCUT2D eigenvalue weighted by atomic mass is 10.1. The number of fused-ring (bicyclic) bond motifs is 1. The molecule has 0 aliphatic carbocycles. The van der Waals surface area contributed by atoms with Crippen molar-refractivity contribution in [2.45, 2.75) is 40.3 Å². The first-order valence-corrected chi connectivity index (χ1v) is 21.0. The minimum Gasteiger partial charge on any atom is -0.478 e. The molecule has 17 heteroatoms. The van der Waals surface area contributed by atoms with Crippen LogP contribution in [0.5, 0.6) is 0 Å². The van der Waals surface area contributed by atoms with Crippen molar-refractivity contribution in [3.05, 3.63) is 146 Å². The van der Waals surface area contributed by atoms with Crippen LogP contribution >= 0.6 is 75.3 Å². The normalized spacial score (nSPS) is 10.2. The van der Waals surface area contributed by atoms with Crippen LogP contribution in [0.2, 0.25) is 0 Å². The number of nitrogens with two attached hydrogens (primary N) is 1. The van der Waals surface area contributed by atoms with Gasteiger partial charge in [0.05, 0.1) is 12.1 Å². The second kappa shape index (κ2) is 28.3. The topological polar surface area (TPSA) is 179 Å². The number of amides is 1. The standard InChI is InChI=1S/C12H16BrNO3.C10H8BrNO.C8H6BrClO.C8H7BrO2.C4H11NO2/c1-8-4-5-9(6-10(8)13)12(15)14-7-11(16-2)17-3;1-6-4-7-2-3-12-10(13)8(7)5-9(6)11;2*1-5-2-3-6(8(10)11)4-7(5)9;1-6-4(3-5)7-2/h4-6,11H,7H2,1-3H3,(H,14,15);2-5H,1H3,(H,12,13);2-4H,1H3;2-4H,1H3,(H,10,11);4H,3,5H2,1-2H3. The van der Waals surface area contributed by atoms with Crippen molar-refractivity contribution in [1.82, 2.24) is 10.3 Å². The predicted octanol–water partition coefficient (Wildman–Crippen LogP) is 9.86. The van der Waals surface area contributed by atoms with E-state index in [1.54, 1.807) is 62.9 Å². The fourth-order valence-corrected chi connectivity index (χ4v) is 5.93. The van der Waals surface area contributed by atoms with Gasteiger partial charge >= 0.3 is 5.97 Å². The molecule has 4 aromatic carbocycles. The number of aromatic carboxylic acids is 1. The average Bonchev–Trinajstić information content (AvgIpc) is 3.20. The molecule has 0 radical (unpaired) electrons. The zero-order valence-corrected chi connectivity index (χ0v) is 40.9. The molecule has 5 N–H and O–H groups in total. The van der Waals surface area contributed by atoms with Crippen molar-refractivity contribution in [3.8, 4) is 0 Å². The van der Waals surface area contributed by atoms with Crippen LogP contribution in [0.15, 0.2) is 102 Å². The number of carboxylic acid groups (broad SMARTS) is 1. The Bertz CT molecular complexity index is 2130. The zero-order chi connectivity index (χ0) is 44.8. The molecule has 0 atom stereocenters. The van der Waals surface area contributed by atoms with Crippen LogP contribution in [0.4, 0.5) is 0 Å². The zero-order valence-electron chi connectivity index (χ0n) is 33.8. The van der Waals surface area contributed by atoms with E-state index in [4.69, 9.17) is 41.4 Å². The number of nitrogens with one attached hydrogen (secondary N) is 2. The summed E-state index contributed by atoms with van der Waals surface area (Å²) in [7, 11) is 6.17. The highest BCUT2D eigenvalue weighted by Crippen LogP contribution is 2.22. The number of carbonyl (C=O) groups is 3. The fourth-order valence-electron chi connectivity index (χ4n) is 4.33. The van der Waals surface area contributed by atoms with E-state index in [0.717, 1.165) is 50.9 Å². The summed E-state index contributed by atoms with van der Waals surface area (Å²) < 4.78 is 23.0. The SMILES string of the molecule is COC(CN)OC.COC(CNC(=O)c1ccc(C)c(Br)c1)OC.Cc1cc2cc[nH]c(=O)c2cc1Br.Cc1ccc(C(=O)Cl)cc1Br.Cc1ccc(C(=O)O)cc1Br. The predicted molar refractivity (Wildman–Crippen MR) is 248 cm³/mol. The van der Waals surface area contributed by atoms with E-state index in [1.807, 2.05) is 58.0 Å². The van der Waals surface area contributed by atoms with Crippen LogP contribution in [-0.4, -0.2) is 81.3 Å². The lowest BCUT2D eigenvalue weighted by Crippen LogP contribution is -2.34. The molecule has 0 unspecified atom stereocenters. The van der Waals surface area contributed by atoms with Crippen LogP contribution in [-0.2, 0) is 18.9 Å². The smallest absolute Gasteiger partial charge is 0.335 e. The van der Waals surface area contributed by atoms with Gasteiger partial charge in [-0.2, -0.15) is 0 Å². The summed E-state index contributed by atoms with van der Waals surface area (Å²) >= 11 is 18.6. The number of halogens is 5. The van der Waals surface area contributed by atoms with E-state index >= 15 is 0 Å². The largest absolute Gasteiger partial charge is 0.478 e. The van der Waals surface area contributed by atoms with Crippen LogP contribution in [0.3, 0.4) is 0 Å². The van der Waals surface area contributed by atoms with Crippen molar-refractivity contribution >= 4 is 103 Å². The maximum absolute atomic E-state index is 11.8. The molecule has 320 valence electrons.